The summed E-state index contributed by atoms with van der Waals surface area (Å²) < 4.78 is 10.8. The van der Waals surface area contributed by atoms with Gasteiger partial charge < -0.3 is 14.8 Å². The molecule has 0 unspecified atom stereocenters. The number of hydrogen-bond acceptors (Lipinski definition) is 4. The molecule has 0 heterocycles. The number of benzene rings is 2. The van der Waals surface area contributed by atoms with E-state index in [1.165, 1.54) is 11.1 Å². The van der Waals surface area contributed by atoms with Crippen LogP contribution in [0.2, 0.25) is 0 Å². The third-order valence-electron chi connectivity index (χ3n) is 4.07. The first-order chi connectivity index (χ1) is 12.6. The lowest BCUT2D eigenvalue weighted by molar-refractivity contribution is -0.121. The van der Waals surface area contributed by atoms with Crippen LogP contribution in [0.3, 0.4) is 0 Å². The fourth-order valence-electron chi connectivity index (χ4n) is 2.47. The van der Waals surface area contributed by atoms with Crippen molar-refractivity contribution in [3.63, 3.8) is 0 Å². The molecule has 1 N–H and O–H groups in total. The second-order valence-electron chi connectivity index (χ2n) is 6.35. The van der Waals surface area contributed by atoms with Gasteiger partial charge >= 0.3 is 0 Å². The van der Waals surface area contributed by atoms with Gasteiger partial charge in [0.25, 0.3) is 0 Å². The lowest BCUT2D eigenvalue weighted by Crippen LogP contribution is -2.37. The molecule has 26 heavy (non-hydrogen) atoms. The van der Waals surface area contributed by atoms with Gasteiger partial charge in [-0.1, -0.05) is 29.8 Å². The molecule has 2 rings (SSSR count). The van der Waals surface area contributed by atoms with Crippen LogP contribution in [0.25, 0.3) is 0 Å². The van der Waals surface area contributed by atoms with Crippen LogP contribution in [-0.2, 0) is 11.2 Å². The van der Waals surface area contributed by atoms with Gasteiger partial charge in [0.15, 0.2) is 0 Å². The summed E-state index contributed by atoms with van der Waals surface area (Å²) in [6, 6.07) is 15.9. The van der Waals surface area contributed by atoms with E-state index in [2.05, 4.69) is 5.32 Å². The van der Waals surface area contributed by atoms with Gasteiger partial charge in [-0.15, -0.1) is 0 Å². The first kappa shape index (κ1) is 19.8. The molecule has 0 radical (unpaired) electrons. The number of aryl methyl sites for hydroxylation is 1. The van der Waals surface area contributed by atoms with Crippen LogP contribution in [0.1, 0.15) is 11.1 Å². The van der Waals surface area contributed by atoms with Crippen LogP contribution >= 0.6 is 0 Å². The number of methoxy groups -OCH3 is 1. The van der Waals surface area contributed by atoms with E-state index >= 15 is 0 Å². The number of amides is 1. The number of nitrogens with zero attached hydrogens (tertiary/aromatic N) is 1. The molecule has 5 nitrogen and oxygen atoms in total. The fraction of sp³-hybridized carbons (Fsp3) is 0.381. The van der Waals surface area contributed by atoms with Crippen molar-refractivity contribution in [2.45, 2.75) is 13.3 Å². The number of carbonyl (C=O) groups is 1. The van der Waals surface area contributed by atoms with E-state index in [1.807, 2.05) is 67.4 Å². The number of likely N-dealkylation sites (N-methyl/N-ethyl adjacent to an activating group) is 1. The van der Waals surface area contributed by atoms with Gasteiger partial charge in [0.1, 0.15) is 18.1 Å². The van der Waals surface area contributed by atoms with Crippen molar-refractivity contribution in [1.82, 2.24) is 10.2 Å². The normalized spacial score (nSPS) is 10.6. The summed E-state index contributed by atoms with van der Waals surface area (Å²) in [5.41, 5.74) is 2.38. The minimum Gasteiger partial charge on any atom is -0.497 e. The van der Waals surface area contributed by atoms with Crippen molar-refractivity contribution < 1.29 is 14.3 Å². The van der Waals surface area contributed by atoms with Gasteiger partial charge in [-0.2, -0.15) is 0 Å². The Morgan fingerprint density at radius 2 is 1.69 bits per heavy atom. The largest absolute Gasteiger partial charge is 0.497 e. The predicted molar refractivity (Wildman–Crippen MR) is 104 cm³/mol. The summed E-state index contributed by atoms with van der Waals surface area (Å²) in [6.07, 6.45) is 0.802. The van der Waals surface area contributed by atoms with Crippen molar-refractivity contribution in [3.8, 4) is 11.5 Å². The van der Waals surface area contributed by atoms with Crippen LogP contribution in [0.4, 0.5) is 0 Å². The molecule has 0 aliphatic rings. The Morgan fingerprint density at radius 1 is 1.04 bits per heavy atom. The third kappa shape index (κ3) is 7.15. The number of ether oxygens (including phenoxy) is 2. The van der Waals surface area contributed by atoms with E-state index in [4.69, 9.17) is 9.47 Å². The molecule has 0 aliphatic heterocycles. The second kappa shape index (κ2) is 10.5. The van der Waals surface area contributed by atoms with Gasteiger partial charge in [0.05, 0.1) is 13.7 Å². The molecule has 1 amide bonds. The highest BCUT2D eigenvalue weighted by Crippen LogP contribution is 2.12. The third-order valence-corrected chi connectivity index (χ3v) is 4.07. The molecule has 2 aromatic rings. The van der Waals surface area contributed by atoms with Crippen molar-refractivity contribution >= 4 is 5.91 Å². The molecule has 0 saturated heterocycles. The lowest BCUT2D eigenvalue weighted by atomic mass is 10.1. The molecule has 0 spiro atoms. The van der Waals surface area contributed by atoms with Crippen molar-refractivity contribution in [2.24, 2.45) is 0 Å². The predicted octanol–water partition coefficient (Wildman–Crippen LogP) is 2.67. The smallest absolute Gasteiger partial charge is 0.234 e. The first-order valence-corrected chi connectivity index (χ1v) is 8.84. The van der Waals surface area contributed by atoms with E-state index in [-0.39, 0.29) is 5.91 Å². The summed E-state index contributed by atoms with van der Waals surface area (Å²) in [6.45, 7) is 4.28. The Bertz CT molecular complexity index is 669. The zero-order valence-corrected chi connectivity index (χ0v) is 15.8. The number of carbonyl (C=O) groups excluding carboxylic acids is 1. The van der Waals surface area contributed by atoms with Gasteiger partial charge in [0, 0.05) is 13.1 Å². The molecule has 0 fully saturated rings. The van der Waals surface area contributed by atoms with Crippen LogP contribution in [0.15, 0.2) is 48.5 Å². The number of nitrogens with one attached hydrogen (secondary N) is 1. The Balaban J connectivity index is 1.59. The second-order valence-corrected chi connectivity index (χ2v) is 6.35. The van der Waals surface area contributed by atoms with E-state index in [9.17, 15) is 4.79 Å². The topological polar surface area (TPSA) is 50.8 Å². The lowest BCUT2D eigenvalue weighted by Gasteiger charge is -2.16. The zero-order chi connectivity index (χ0) is 18.8. The molecule has 5 heteroatoms. The van der Waals surface area contributed by atoms with Crippen molar-refractivity contribution in [3.05, 3.63) is 59.7 Å². The highest BCUT2D eigenvalue weighted by molar-refractivity contribution is 5.77. The number of rotatable bonds is 10. The van der Waals surface area contributed by atoms with Crippen molar-refractivity contribution in [2.75, 3.05) is 40.4 Å². The minimum absolute atomic E-state index is 0.0244. The summed E-state index contributed by atoms with van der Waals surface area (Å²) in [7, 11) is 3.57. The minimum atomic E-state index is 0.0244. The Morgan fingerprint density at radius 3 is 2.35 bits per heavy atom. The van der Waals surface area contributed by atoms with E-state index < -0.39 is 0 Å². The summed E-state index contributed by atoms with van der Waals surface area (Å²) >= 11 is 0. The molecule has 0 saturated carbocycles. The zero-order valence-electron chi connectivity index (χ0n) is 15.8. The highest BCUT2D eigenvalue weighted by atomic mass is 16.5. The van der Waals surface area contributed by atoms with Crippen LogP contribution in [0, 0.1) is 6.92 Å². The molecular formula is C21H28N2O3. The standard InChI is InChI=1S/C21H28N2O3/c1-17-4-8-20(9-5-17)26-15-14-23(2)16-21(24)22-13-12-18-6-10-19(25-3)11-7-18/h4-11H,12-16H2,1-3H3,(H,22,24). The van der Waals surface area contributed by atoms with Crippen molar-refractivity contribution in [1.29, 1.82) is 0 Å². The molecule has 0 bridgehead atoms. The molecule has 2 aromatic carbocycles. The van der Waals surface area contributed by atoms with Crippen LogP contribution < -0.4 is 14.8 Å². The Labute approximate surface area is 155 Å². The Kier molecular flexibility index (Phi) is 7.96. The van der Waals surface area contributed by atoms with Gasteiger partial charge in [-0.25, -0.2) is 0 Å². The first-order valence-electron chi connectivity index (χ1n) is 8.84. The molecule has 140 valence electrons. The summed E-state index contributed by atoms with van der Waals surface area (Å²) in [5, 5.41) is 2.95. The maximum absolute atomic E-state index is 12.0. The monoisotopic (exact) mass is 356 g/mol. The summed E-state index contributed by atoms with van der Waals surface area (Å²) in [4.78, 5) is 14.0. The quantitative estimate of drug-likeness (QED) is 0.711. The highest BCUT2D eigenvalue weighted by Gasteiger charge is 2.06. The van der Waals surface area contributed by atoms with Gasteiger partial charge in [0.2, 0.25) is 5.91 Å². The van der Waals surface area contributed by atoms with Gasteiger partial charge in [-0.05, 0) is 50.2 Å². The molecule has 0 aromatic heterocycles. The van der Waals surface area contributed by atoms with Gasteiger partial charge in [-0.3, -0.25) is 9.69 Å². The van der Waals surface area contributed by atoms with Crippen LogP contribution in [0.5, 0.6) is 11.5 Å². The Hall–Kier alpha value is -2.53. The number of hydrogen-bond donors (Lipinski definition) is 1. The van der Waals surface area contributed by atoms with E-state index in [0.29, 0.717) is 26.2 Å². The van der Waals surface area contributed by atoms with E-state index in [0.717, 1.165) is 17.9 Å². The van der Waals surface area contributed by atoms with Crippen LogP contribution in [-0.4, -0.2) is 51.2 Å². The average Bonchev–Trinajstić information content (AvgIpc) is 2.64. The average molecular weight is 356 g/mol. The molecule has 0 aliphatic carbocycles. The SMILES string of the molecule is COc1ccc(CCNC(=O)CN(C)CCOc2ccc(C)cc2)cc1. The maximum Gasteiger partial charge on any atom is 0.234 e. The molecule has 0 atom stereocenters. The maximum atomic E-state index is 12.0. The van der Waals surface area contributed by atoms with E-state index in [1.54, 1.807) is 7.11 Å². The molecular weight excluding hydrogens is 328 g/mol. The summed E-state index contributed by atoms with van der Waals surface area (Å²) in [5.74, 6) is 1.72. The fourth-order valence-corrected chi connectivity index (χ4v) is 2.47.